The summed E-state index contributed by atoms with van der Waals surface area (Å²) < 4.78 is 8.94. The van der Waals surface area contributed by atoms with Crippen LogP contribution in [0, 0.1) is 18.8 Å². The Bertz CT molecular complexity index is 3120. The molecule has 9 aromatic rings. The average molecular weight is 1070 g/mol. The van der Waals surface area contributed by atoms with Crippen molar-refractivity contribution in [2.75, 3.05) is 9.80 Å². The Morgan fingerprint density at radius 1 is 0.529 bits per heavy atom. The van der Waals surface area contributed by atoms with Crippen LogP contribution in [0.2, 0.25) is 0 Å². The van der Waals surface area contributed by atoms with Crippen molar-refractivity contribution >= 4 is 44.6 Å². The largest absolute Gasteiger partial charge is 0.509 e. The molecule has 0 saturated heterocycles. The molecule has 0 aliphatic carbocycles. The quantitative estimate of drug-likeness (QED) is 0.108. The van der Waals surface area contributed by atoms with Crippen LogP contribution in [-0.2, 0) is 37.3 Å². The van der Waals surface area contributed by atoms with Crippen molar-refractivity contribution in [3.05, 3.63) is 223 Å². The standard InChI is InChI=1S/C62H59N4O.Pt/c1-8-61(9-2,44-24-14-12-15-25-44)52-31-23-32-53(62(10-3,11-4)45-26-16-13-17-27-45)59(52)65-43-64(55-34-20-21-35-56(55)65)47-28-22-29-48(41-47)67-49-36-37-51-50-30-18-19-33-54(50)66(57(51)42-49)58-40-46(38-39-63-58)60(5,6)7;/h12-40,43H,8-11H2,1-7H3;/q-3;. The third-order valence-corrected chi connectivity index (χ3v) is 14.6. The van der Waals surface area contributed by atoms with Crippen molar-refractivity contribution in [3.8, 4) is 17.3 Å². The molecule has 0 fully saturated rings. The molecule has 0 unspecified atom stereocenters. The molecule has 0 bridgehead atoms. The molecule has 346 valence electrons. The van der Waals surface area contributed by atoms with Gasteiger partial charge in [0.05, 0.1) is 0 Å². The van der Waals surface area contributed by atoms with Gasteiger partial charge in [-0.15, -0.1) is 48.1 Å². The van der Waals surface area contributed by atoms with Crippen LogP contribution < -0.4 is 14.5 Å². The Labute approximate surface area is 417 Å². The van der Waals surface area contributed by atoms with Crippen LogP contribution in [0.5, 0.6) is 11.5 Å². The van der Waals surface area contributed by atoms with Gasteiger partial charge in [-0.3, -0.25) is 0 Å². The van der Waals surface area contributed by atoms with Crippen LogP contribution >= 0.6 is 0 Å². The maximum Gasteiger partial charge on any atom is 0.135 e. The molecule has 7 aromatic carbocycles. The number of aromatic nitrogens is 2. The number of hydrogen-bond donors (Lipinski definition) is 0. The Kier molecular flexibility index (Phi) is 13.0. The summed E-state index contributed by atoms with van der Waals surface area (Å²) in [6.45, 7) is 18.4. The molecule has 1 aliphatic heterocycles. The number of ether oxygens (including phenoxy) is 1. The summed E-state index contributed by atoms with van der Waals surface area (Å²) in [5.41, 5.74) is 12.4. The first-order chi connectivity index (χ1) is 32.6. The van der Waals surface area contributed by atoms with Gasteiger partial charge in [-0.05, 0) is 94.6 Å². The van der Waals surface area contributed by atoms with Crippen molar-refractivity contribution in [3.63, 3.8) is 0 Å². The number of anilines is 4. The summed E-state index contributed by atoms with van der Waals surface area (Å²) in [4.78, 5) is 9.62. The van der Waals surface area contributed by atoms with E-state index in [2.05, 4.69) is 239 Å². The maximum atomic E-state index is 6.74. The summed E-state index contributed by atoms with van der Waals surface area (Å²) in [5, 5.41) is 2.24. The third-order valence-electron chi connectivity index (χ3n) is 14.6. The van der Waals surface area contributed by atoms with Gasteiger partial charge in [-0.2, -0.15) is 12.1 Å². The fourth-order valence-corrected chi connectivity index (χ4v) is 10.9. The molecule has 1 aliphatic rings. The molecular formula is C62H59N4OPt-3. The van der Waals surface area contributed by atoms with E-state index in [1.54, 1.807) is 0 Å². The predicted octanol–water partition coefficient (Wildman–Crippen LogP) is 16.5. The second-order valence-corrected chi connectivity index (χ2v) is 18.9. The van der Waals surface area contributed by atoms with Crippen molar-refractivity contribution in [2.45, 2.75) is 90.4 Å². The average Bonchev–Trinajstić information content (AvgIpc) is 3.92. The molecule has 0 spiro atoms. The van der Waals surface area contributed by atoms with Crippen molar-refractivity contribution in [1.82, 2.24) is 9.55 Å². The number of pyridine rings is 1. The number of para-hydroxylation sites is 4. The summed E-state index contributed by atoms with van der Waals surface area (Å²) in [6, 6.07) is 68.6. The zero-order valence-corrected chi connectivity index (χ0v) is 42.4. The Morgan fingerprint density at radius 3 is 1.71 bits per heavy atom. The van der Waals surface area contributed by atoms with E-state index in [1.807, 2.05) is 18.3 Å². The first-order valence-electron chi connectivity index (χ1n) is 24.0. The molecule has 10 rings (SSSR count). The summed E-state index contributed by atoms with van der Waals surface area (Å²) in [5.74, 6) is 2.07. The zero-order chi connectivity index (χ0) is 46.3. The SMILES string of the molecule is CCC(CC)(c1ccccc1)c1cccc(C(CC)(CC)c2ccccc2)c1N1[CH-]N(c2[c-]c(Oc3[c-]c4c(cc3)c3ccccc3n4-c3cc(C(C)(C)C)ccn3)ccc2)c2ccccc21.[Pt]. The van der Waals surface area contributed by atoms with Gasteiger partial charge < -0.3 is 19.1 Å². The Morgan fingerprint density at radius 2 is 1.09 bits per heavy atom. The minimum absolute atomic E-state index is 0. The molecule has 0 radical (unpaired) electrons. The number of nitrogens with zero attached hydrogens (tertiary/aromatic N) is 4. The van der Waals surface area contributed by atoms with Gasteiger partial charge in [0.25, 0.3) is 0 Å². The van der Waals surface area contributed by atoms with Crippen molar-refractivity contribution in [2.24, 2.45) is 0 Å². The Balaban J connectivity index is 0.00000578. The minimum atomic E-state index is -0.235. The summed E-state index contributed by atoms with van der Waals surface area (Å²) >= 11 is 0. The van der Waals surface area contributed by atoms with E-state index in [0.29, 0.717) is 11.5 Å². The van der Waals surface area contributed by atoms with E-state index >= 15 is 0 Å². The molecule has 0 atom stereocenters. The first-order valence-corrected chi connectivity index (χ1v) is 24.0. The molecule has 0 N–H and O–H groups in total. The smallest absolute Gasteiger partial charge is 0.135 e. The number of hydrogen-bond acceptors (Lipinski definition) is 4. The zero-order valence-electron chi connectivity index (χ0n) is 40.2. The van der Waals surface area contributed by atoms with E-state index in [9.17, 15) is 0 Å². The second-order valence-electron chi connectivity index (χ2n) is 18.9. The van der Waals surface area contributed by atoms with Crippen LogP contribution in [0.15, 0.2) is 176 Å². The van der Waals surface area contributed by atoms with Crippen LogP contribution in [0.1, 0.15) is 102 Å². The van der Waals surface area contributed by atoms with Gasteiger partial charge in [0.1, 0.15) is 5.82 Å². The number of fused-ring (bicyclic) bond motifs is 4. The van der Waals surface area contributed by atoms with Crippen LogP contribution in [-0.4, -0.2) is 9.55 Å². The molecule has 6 heteroatoms. The van der Waals surface area contributed by atoms with E-state index in [1.165, 1.54) is 33.5 Å². The summed E-state index contributed by atoms with van der Waals surface area (Å²) in [7, 11) is 0. The normalized spacial score (nSPS) is 12.9. The van der Waals surface area contributed by atoms with Gasteiger partial charge >= 0.3 is 0 Å². The van der Waals surface area contributed by atoms with E-state index < -0.39 is 0 Å². The first kappa shape index (κ1) is 46.7. The van der Waals surface area contributed by atoms with Gasteiger partial charge in [-0.1, -0.05) is 163 Å². The van der Waals surface area contributed by atoms with Gasteiger partial charge in [0.2, 0.25) is 0 Å². The topological polar surface area (TPSA) is 33.5 Å². The van der Waals surface area contributed by atoms with E-state index in [-0.39, 0.29) is 37.3 Å². The molecular weight excluding hydrogens is 1010 g/mol. The molecule has 0 saturated carbocycles. The number of rotatable bonds is 13. The van der Waals surface area contributed by atoms with Crippen molar-refractivity contribution < 1.29 is 25.8 Å². The predicted molar refractivity (Wildman–Crippen MR) is 279 cm³/mol. The molecule has 3 heterocycles. The second kappa shape index (κ2) is 18.9. The fraction of sp³-hybridized carbons (Fsp3) is 0.226. The van der Waals surface area contributed by atoms with Crippen LogP contribution in [0.25, 0.3) is 27.6 Å². The van der Waals surface area contributed by atoms with Crippen LogP contribution in [0.3, 0.4) is 0 Å². The Hall–Kier alpha value is -6.42. The molecule has 68 heavy (non-hydrogen) atoms. The molecule has 5 nitrogen and oxygen atoms in total. The monoisotopic (exact) mass is 1070 g/mol. The van der Waals surface area contributed by atoms with Gasteiger partial charge in [0.15, 0.2) is 0 Å². The minimum Gasteiger partial charge on any atom is -0.509 e. The van der Waals surface area contributed by atoms with Crippen LogP contribution in [0.4, 0.5) is 22.7 Å². The third kappa shape index (κ3) is 7.93. The fourth-order valence-electron chi connectivity index (χ4n) is 10.9. The maximum absolute atomic E-state index is 6.74. The number of benzene rings is 7. The van der Waals surface area contributed by atoms with Gasteiger partial charge in [0, 0.05) is 72.2 Å². The van der Waals surface area contributed by atoms with Gasteiger partial charge in [-0.25, -0.2) is 4.98 Å². The van der Waals surface area contributed by atoms with E-state index in [0.717, 1.165) is 70.4 Å². The molecule has 2 aromatic heterocycles. The van der Waals surface area contributed by atoms with E-state index in [4.69, 9.17) is 9.72 Å². The van der Waals surface area contributed by atoms with Crippen molar-refractivity contribution in [1.29, 1.82) is 0 Å². The molecule has 0 amide bonds. The summed E-state index contributed by atoms with van der Waals surface area (Å²) in [6.07, 6.45) is 5.73.